The molecule has 18 heavy (non-hydrogen) atoms. The summed E-state index contributed by atoms with van der Waals surface area (Å²) < 4.78 is 10.2. The minimum atomic E-state index is -1.19. The highest BCUT2D eigenvalue weighted by atomic mass is 79.9. The summed E-state index contributed by atoms with van der Waals surface area (Å²) in [6, 6.07) is 0. The largest absolute Gasteiger partial charge is 0.465 e. The van der Waals surface area contributed by atoms with E-state index in [4.69, 9.17) is 9.47 Å². The third kappa shape index (κ3) is 3.49. The smallest absolute Gasteiger partial charge is 0.326 e. The molecule has 0 unspecified atom stereocenters. The summed E-state index contributed by atoms with van der Waals surface area (Å²) in [5.41, 5.74) is 0.238. The summed E-state index contributed by atoms with van der Waals surface area (Å²) in [6.45, 7) is 3.68. The fraction of sp³-hybridized carbons (Fsp3) is 0.455. The molecule has 0 fully saturated rings. The Bertz CT molecular complexity index is 421. The van der Waals surface area contributed by atoms with Crippen LogP contribution >= 0.6 is 15.9 Å². The average molecular weight is 317 g/mol. The first-order chi connectivity index (χ1) is 8.61. The number of halogens is 1. The van der Waals surface area contributed by atoms with E-state index in [9.17, 15) is 9.59 Å². The third-order valence-electron chi connectivity index (χ3n) is 2.01. The molecule has 0 aliphatic rings. The number of carbonyl (C=O) groups excluding carboxylic acids is 2. The van der Waals surface area contributed by atoms with Gasteiger partial charge in [-0.2, -0.15) is 0 Å². The molecule has 0 saturated carbocycles. The fourth-order valence-corrected chi connectivity index (χ4v) is 1.75. The van der Waals surface area contributed by atoms with Crippen molar-refractivity contribution in [2.24, 2.45) is 0 Å². The van der Waals surface area contributed by atoms with Gasteiger partial charge in [0.15, 0.2) is 5.92 Å². The van der Waals surface area contributed by atoms with Crippen LogP contribution in [0.2, 0.25) is 0 Å². The molecule has 0 radical (unpaired) electrons. The molecule has 6 nitrogen and oxygen atoms in total. The molecule has 7 heteroatoms. The lowest BCUT2D eigenvalue weighted by Crippen LogP contribution is -2.27. The van der Waals surface area contributed by atoms with Gasteiger partial charge in [-0.15, -0.1) is 0 Å². The Morgan fingerprint density at radius 1 is 1.28 bits per heavy atom. The highest BCUT2D eigenvalue weighted by molar-refractivity contribution is 9.10. The SMILES string of the molecule is CCOC(=O)C(C(=O)OCC)c1ncncc1Br. The number of hydrogen-bond acceptors (Lipinski definition) is 6. The number of esters is 2. The van der Waals surface area contributed by atoms with E-state index < -0.39 is 17.9 Å². The number of aromatic nitrogens is 2. The second kappa shape index (κ2) is 7.05. The molecule has 1 heterocycles. The van der Waals surface area contributed by atoms with Gasteiger partial charge in [0.2, 0.25) is 0 Å². The summed E-state index contributed by atoms with van der Waals surface area (Å²) in [5.74, 6) is -2.56. The lowest BCUT2D eigenvalue weighted by molar-refractivity contribution is -0.157. The minimum absolute atomic E-state index is 0.178. The summed E-state index contributed by atoms with van der Waals surface area (Å²) >= 11 is 3.20. The van der Waals surface area contributed by atoms with Gasteiger partial charge in [0.05, 0.1) is 23.4 Å². The van der Waals surface area contributed by atoms with Crippen LogP contribution < -0.4 is 0 Å². The van der Waals surface area contributed by atoms with E-state index in [1.54, 1.807) is 13.8 Å². The van der Waals surface area contributed by atoms with Crippen molar-refractivity contribution in [3.63, 3.8) is 0 Å². The maximum absolute atomic E-state index is 11.8. The van der Waals surface area contributed by atoms with Crippen LogP contribution in [0.15, 0.2) is 17.0 Å². The van der Waals surface area contributed by atoms with Crippen LogP contribution in [-0.4, -0.2) is 35.1 Å². The summed E-state index contributed by atoms with van der Waals surface area (Å²) in [5, 5.41) is 0. The van der Waals surface area contributed by atoms with Gasteiger partial charge in [-0.3, -0.25) is 9.59 Å². The summed E-state index contributed by atoms with van der Waals surface area (Å²) in [7, 11) is 0. The van der Waals surface area contributed by atoms with Crippen molar-refractivity contribution >= 4 is 27.9 Å². The topological polar surface area (TPSA) is 78.4 Å². The van der Waals surface area contributed by atoms with E-state index in [1.165, 1.54) is 12.5 Å². The van der Waals surface area contributed by atoms with Crippen LogP contribution in [-0.2, 0) is 19.1 Å². The molecule has 0 amide bonds. The molecule has 0 aliphatic heterocycles. The molecule has 0 saturated heterocycles. The maximum atomic E-state index is 11.8. The van der Waals surface area contributed by atoms with Crippen LogP contribution in [0, 0.1) is 0 Å². The Morgan fingerprint density at radius 3 is 2.28 bits per heavy atom. The Hall–Kier alpha value is -1.50. The molecule has 0 atom stereocenters. The van der Waals surface area contributed by atoms with Gasteiger partial charge in [0, 0.05) is 6.20 Å². The molecule has 1 rings (SSSR count). The van der Waals surface area contributed by atoms with E-state index >= 15 is 0 Å². The second-order valence-electron chi connectivity index (χ2n) is 3.19. The van der Waals surface area contributed by atoms with E-state index in [2.05, 4.69) is 25.9 Å². The van der Waals surface area contributed by atoms with Crippen LogP contribution in [0.5, 0.6) is 0 Å². The normalized spacial score (nSPS) is 10.2. The highest BCUT2D eigenvalue weighted by Crippen LogP contribution is 2.24. The van der Waals surface area contributed by atoms with Gasteiger partial charge in [-0.25, -0.2) is 9.97 Å². The van der Waals surface area contributed by atoms with Crippen LogP contribution in [0.1, 0.15) is 25.5 Å². The van der Waals surface area contributed by atoms with Crippen molar-refractivity contribution in [2.75, 3.05) is 13.2 Å². The molecule has 98 valence electrons. The zero-order chi connectivity index (χ0) is 13.5. The molecular formula is C11H13BrN2O4. The van der Waals surface area contributed by atoms with Crippen molar-refractivity contribution < 1.29 is 19.1 Å². The quantitative estimate of drug-likeness (QED) is 0.604. The van der Waals surface area contributed by atoms with Crippen LogP contribution in [0.4, 0.5) is 0 Å². The molecular weight excluding hydrogens is 304 g/mol. The predicted octanol–water partition coefficient (Wildman–Crippen LogP) is 1.45. The number of rotatable bonds is 5. The molecule has 0 bridgehead atoms. The molecule has 1 aromatic rings. The fourth-order valence-electron chi connectivity index (χ4n) is 1.31. The average Bonchev–Trinajstić information content (AvgIpc) is 2.33. The first kappa shape index (κ1) is 14.6. The second-order valence-corrected chi connectivity index (χ2v) is 4.05. The molecule has 1 aromatic heterocycles. The number of hydrogen-bond donors (Lipinski definition) is 0. The third-order valence-corrected chi connectivity index (χ3v) is 2.63. The lowest BCUT2D eigenvalue weighted by atomic mass is 10.1. The van der Waals surface area contributed by atoms with Gasteiger partial charge in [-0.05, 0) is 29.8 Å². The standard InChI is InChI=1S/C11H13BrN2O4/c1-3-17-10(15)8(11(16)18-4-2)9-7(12)5-13-6-14-9/h5-6,8H,3-4H2,1-2H3. The molecule has 0 aromatic carbocycles. The predicted molar refractivity (Wildman–Crippen MR) is 65.7 cm³/mol. The highest BCUT2D eigenvalue weighted by Gasteiger charge is 2.34. The maximum Gasteiger partial charge on any atom is 0.326 e. The number of carbonyl (C=O) groups is 2. The van der Waals surface area contributed by atoms with Crippen LogP contribution in [0.25, 0.3) is 0 Å². The van der Waals surface area contributed by atoms with Gasteiger partial charge in [0.25, 0.3) is 0 Å². The van der Waals surface area contributed by atoms with Gasteiger partial charge >= 0.3 is 11.9 Å². The summed E-state index contributed by atoms with van der Waals surface area (Å²) in [4.78, 5) is 31.3. The first-order valence-corrected chi connectivity index (χ1v) is 6.19. The van der Waals surface area contributed by atoms with E-state index in [-0.39, 0.29) is 18.9 Å². The Balaban J connectivity index is 3.08. The van der Waals surface area contributed by atoms with Crippen molar-refractivity contribution in [3.8, 4) is 0 Å². The van der Waals surface area contributed by atoms with E-state index in [0.29, 0.717) is 4.47 Å². The first-order valence-electron chi connectivity index (χ1n) is 5.40. The van der Waals surface area contributed by atoms with Gasteiger partial charge in [-0.1, -0.05) is 0 Å². The zero-order valence-corrected chi connectivity index (χ0v) is 11.6. The van der Waals surface area contributed by atoms with E-state index in [1.807, 2.05) is 0 Å². The molecule has 0 aliphatic carbocycles. The Labute approximate surface area is 113 Å². The lowest BCUT2D eigenvalue weighted by Gasteiger charge is -2.14. The van der Waals surface area contributed by atoms with Crippen LogP contribution in [0.3, 0.4) is 0 Å². The summed E-state index contributed by atoms with van der Waals surface area (Å²) in [6.07, 6.45) is 2.71. The van der Waals surface area contributed by atoms with Gasteiger partial charge in [0.1, 0.15) is 6.33 Å². The number of ether oxygens (including phenoxy) is 2. The minimum Gasteiger partial charge on any atom is -0.465 e. The Kier molecular flexibility index (Phi) is 5.70. The number of nitrogens with zero attached hydrogens (tertiary/aromatic N) is 2. The van der Waals surface area contributed by atoms with Crippen molar-refractivity contribution in [1.82, 2.24) is 9.97 Å². The van der Waals surface area contributed by atoms with Crippen molar-refractivity contribution in [2.45, 2.75) is 19.8 Å². The zero-order valence-electron chi connectivity index (χ0n) is 10.1. The monoisotopic (exact) mass is 316 g/mol. The molecule has 0 spiro atoms. The van der Waals surface area contributed by atoms with E-state index in [0.717, 1.165) is 0 Å². The van der Waals surface area contributed by atoms with Crippen molar-refractivity contribution in [1.29, 1.82) is 0 Å². The Morgan fingerprint density at radius 2 is 1.83 bits per heavy atom. The van der Waals surface area contributed by atoms with Crippen molar-refractivity contribution in [3.05, 3.63) is 22.7 Å². The molecule has 0 N–H and O–H groups in total. The van der Waals surface area contributed by atoms with Gasteiger partial charge < -0.3 is 9.47 Å².